The van der Waals surface area contributed by atoms with Gasteiger partial charge in [0.25, 0.3) is 5.56 Å². The van der Waals surface area contributed by atoms with Crippen molar-refractivity contribution < 1.29 is 0 Å². The second-order valence-corrected chi connectivity index (χ2v) is 6.71. The van der Waals surface area contributed by atoms with Crippen LogP contribution in [0.5, 0.6) is 0 Å². The Hall–Kier alpha value is -2.12. The molecule has 0 fully saturated rings. The normalized spacial score (nSPS) is 10.7. The molecule has 0 spiro atoms. The first kappa shape index (κ1) is 15.8. The lowest BCUT2D eigenvalue weighted by Gasteiger charge is -2.11. The first-order valence-corrected chi connectivity index (χ1v) is 9.09. The van der Waals surface area contributed by atoms with E-state index in [0.717, 1.165) is 11.4 Å². The molecule has 0 aliphatic rings. The maximum Gasteiger partial charge on any atom is 0.297 e. The fourth-order valence-corrected chi connectivity index (χ4v) is 3.83. The SMILES string of the molecule is CCn1c(SCc2cccs2)nnc(Nc2ccccc2)c1=O. The largest absolute Gasteiger partial charge is 0.334 e. The molecule has 3 rings (SSSR count). The fourth-order valence-electron chi connectivity index (χ4n) is 2.06. The van der Waals surface area contributed by atoms with E-state index < -0.39 is 0 Å². The Labute approximate surface area is 142 Å². The van der Waals surface area contributed by atoms with E-state index in [9.17, 15) is 4.79 Å². The minimum atomic E-state index is -0.153. The van der Waals surface area contributed by atoms with Crippen LogP contribution in [-0.2, 0) is 12.3 Å². The van der Waals surface area contributed by atoms with Gasteiger partial charge in [-0.3, -0.25) is 9.36 Å². The molecule has 0 bridgehead atoms. The molecule has 2 heterocycles. The Morgan fingerprint density at radius 2 is 2.00 bits per heavy atom. The molecule has 7 heteroatoms. The highest BCUT2D eigenvalue weighted by molar-refractivity contribution is 7.98. The Kier molecular flexibility index (Phi) is 5.09. The van der Waals surface area contributed by atoms with Gasteiger partial charge in [-0.25, -0.2) is 0 Å². The van der Waals surface area contributed by atoms with Gasteiger partial charge in [0.1, 0.15) is 0 Å². The number of benzene rings is 1. The third-order valence-electron chi connectivity index (χ3n) is 3.19. The molecule has 0 amide bonds. The Morgan fingerprint density at radius 1 is 1.17 bits per heavy atom. The maximum atomic E-state index is 12.6. The predicted octanol–water partition coefficient (Wildman–Crippen LogP) is 3.76. The lowest BCUT2D eigenvalue weighted by atomic mass is 10.3. The van der Waals surface area contributed by atoms with Crippen LogP contribution in [0, 0.1) is 0 Å². The van der Waals surface area contributed by atoms with Crippen LogP contribution in [0.1, 0.15) is 11.8 Å². The summed E-state index contributed by atoms with van der Waals surface area (Å²) in [5, 5.41) is 14.0. The van der Waals surface area contributed by atoms with E-state index in [1.807, 2.05) is 48.7 Å². The van der Waals surface area contributed by atoms with E-state index in [4.69, 9.17) is 0 Å². The standard InChI is InChI=1S/C16H16N4OS2/c1-2-20-15(21)14(17-12-7-4-3-5-8-12)18-19-16(20)23-11-13-9-6-10-22-13/h3-10H,2,11H2,1H3,(H,17,18). The number of thioether (sulfide) groups is 1. The number of hydrogen-bond donors (Lipinski definition) is 1. The number of para-hydroxylation sites is 1. The van der Waals surface area contributed by atoms with Crippen molar-refractivity contribution in [3.05, 3.63) is 63.1 Å². The summed E-state index contributed by atoms with van der Waals surface area (Å²) in [5.41, 5.74) is 0.667. The van der Waals surface area contributed by atoms with Crippen molar-refractivity contribution in [3.63, 3.8) is 0 Å². The monoisotopic (exact) mass is 344 g/mol. The van der Waals surface area contributed by atoms with Crippen LogP contribution in [-0.4, -0.2) is 14.8 Å². The molecule has 3 aromatic rings. The number of thiophene rings is 1. The molecule has 0 aliphatic heterocycles. The fraction of sp³-hybridized carbons (Fsp3) is 0.188. The molecule has 0 atom stereocenters. The Balaban J connectivity index is 1.82. The first-order chi connectivity index (χ1) is 11.3. The Morgan fingerprint density at radius 3 is 2.70 bits per heavy atom. The molecular formula is C16H16N4OS2. The van der Waals surface area contributed by atoms with Gasteiger partial charge in [-0.15, -0.1) is 21.5 Å². The summed E-state index contributed by atoms with van der Waals surface area (Å²) in [6.45, 7) is 2.50. The van der Waals surface area contributed by atoms with Gasteiger partial charge in [0.2, 0.25) is 5.82 Å². The zero-order valence-corrected chi connectivity index (χ0v) is 14.2. The van der Waals surface area contributed by atoms with Crippen molar-refractivity contribution in [2.45, 2.75) is 24.4 Å². The van der Waals surface area contributed by atoms with Gasteiger partial charge in [0, 0.05) is 22.9 Å². The molecule has 118 valence electrons. The van der Waals surface area contributed by atoms with Crippen molar-refractivity contribution in [2.24, 2.45) is 0 Å². The summed E-state index contributed by atoms with van der Waals surface area (Å²) in [6.07, 6.45) is 0. The zero-order valence-electron chi connectivity index (χ0n) is 12.6. The summed E-state index contributed by atoms with van der Waals surface area (Å²) in [5.74, 6) is 1.04. The first-order valence-electron chi connectivity index (χ1n) is 7.22. The van der Waals surface area contributed by atoms with E-state index >= 15 is 0 Å². The molecule has 0 saturated heterocycles. The second kappa shape index (κ2) is 7.43. The number of nitrogens with zero attached hydrogens (tertiary/aromatic N) is 3. The van der Waals surface area contributed by atoms with Crippen molar-refractivity contribution in [1.29, 1.82) is 0 Å². The van der Waals surface area contributed by atoms with Gasteiger partial charge in [0.05, 0.1) is 0 Å². The van der Waals surface area contributed by atoms with Gasteiger partial charge in [-0.1, -0.05) is 36.0 Å². The molecule has 0 unspecified atom stereocenters. The quantitative estimate of drug-likeness (QED) is 0.690. The van der Waals surface area contributed by atoms with Crippen LogP contribution in [0.2, 0.25) is 0 Å². The number of anilines is 2. The van der Waals surface area contributed by atoms with Crippen LogP contribution < -0.4 is 10.9 Å². The minimum Gasteiger partial charge on any atom is -0.334 e. The van der Waals surface area contributed by atoms with Gasteiger partial charge < -0.3 is 5.32 Å². The third-order valence-corrected chi connectivity index (χ3v) is 5.27. The minimum absolute atomic E-state index is 0.153. The van der Waals surface area contributed by atoms with Gasteiger partial charge >= 0.3 is 0 Å². The predicted molar refractivity (Wildman–Crippen MR) is 95.6 cm³/mol. The van der Waals surface area contributed by atoms with E-state index in [1.165, 1.54) is 16.6 Å². The summed E-state index contributed by atoms with van der Waals surface area (Å²) < 4.78 is 1.65. The maximum absolute atomic E-state index is 12.6. The lowest BCUT2D eigenvalue weighted by Crippen LogP contribution is -2.26. The van der Waals surface area contributed by atoms with Crippen molar-refractivity contribution in [3.8, 4) is 0 Å². The van der Waals surface area contributed by atoms with Gasteiger partial charge in [-0.05, 0) is 30.5 Å². The van der Waals surface area contributed by atoms with Crippen molar-refractivity contribution in [2.75, 3.05) is 5.32 Å². The number of nitrogens with one attached hydrogen (secondary N) is 1. The van der Waals surface area contributed by atoms with E-state index in [0.29, 0.717) is 11.7 Å². The van der Waals surface area contributed by atoms with Crippen molar-refractivity contribution in [1.82, 2.24) is 14.8 Å². The highest BCUT2D eigenvalue weighted by atomic mass is 32.2. The summed E-state index contributed by atoms with van der Waals surface area (Å²) in [6, 6.07) is 13.6. The Bertz CT molecular complexity index is 816. The summed E-state index contributed by atoms with van der Waals surface area (Å²) in [7, 11) is 0. The number of hydrogen-bond acceptors (Lipinski definition) is 6. The average Bonchev–Trinajstić information content (AvgIpc) is 3.09. The van der Waals surface area contributed by atoms with E-state index in [2.05, 4.69) is 21.6 Å². The van der Waals surface area contributed by atoms with Gasteiger partial charge in [0.15, 0.2) is 5.16 Å². The smallest absolute Gasteiger partial charge is 0.297 e. The molecule has 1 N–H and O–H groups in total. The van der Waals surface area contributed by atoms with Crippen LogP contribution in [0.25, 0.3) is 0 Å². The van der Waals surface area contributed by atoms with E-state index in [-0.39, 0.29) is 11.4 Å². The van der Waals surface area contributed by atoms with Crippen LogP contribution in [0.3, 0.4) is 0 Å². The highest BCUT2D eigenvalue weighted by Gasteiger charge is 2.12. The van der Waals surface area contributed by atoms with Crippen molar-refractivity contribution >= 4 is 34.6 Å². The molecule has 0 saturated carbocycles. The molecule has 1 aromatic carbocycles. The molecule has 2 aromatic heterocycles. The molecule has 23 heavy (non-hydrogen) atoms. The number of aromatic nitrogens is 3. The third kappa shape index (κ3) is 3.80. The molecule has 0 radical (unpaired) electrons. The van der Waals surface area contributed by atoms with Crippen LogP contribution >= 0.6 is 23.1 Å². The highest BCUT2D eigenvalue weighted by Crippen LogP contribution is 2.23. The average molecular weight is 344 g/mol. The second-order valence-electron chi connectivity index (χ2n) is 4.74. The van der Waals surface area contributed by atoms with E-state index in [1.54, 1.807) is 15.9 Å². The van der Waals surface area contributed by atoms with Crippen LogP contribution in [0.15, 0.2) is 57.8 Å². The zero-order chi connectivity index (χ0) is 16.1. The summed E-state index contributed by atoms with van der Waals surface area (Å²) >= 11 is 3.23. The molecule has 0 aliphatic carbocycles. The topological polar surface area (TPSA) is 59.8 Å². The molecule has 5 nitrogen and oxygen atoms in total. The molecular weight excluding hydrogens is 328 g/mol. The van der Waals surface area contributed by atoms with Crippen LogP contribution in [0.4, 0.5) is 11.5 Å². The summed E-state index contributed by atoms with van der Waals surface area (Å²) in [4.78, 5) is 13.8. The number of rotatable bonds is 6. The lowest BCUT2D eigenvalue weighted by molar-refractivity contribution is 0.597. The van der Waals surface area contributed by atoms with Gasteiger partial charge in [-0.2, -0.15) is 0 Å².